The summed E-state index contributed by atoms with van der Waals surface area (Å²) in [5.41, 5.74) is 1.33. The van der Waals surface area contributed by atoms with Gasteiger partial charge < -0.3 is 20.1 Å². The van der Waals surface area contributed by atoms with Gasteiger partial charge in [0.25, 0.3) is 0 Å². The van der Waals surface area contributed by atoms with Gasteiger partial charge in [-0.05, 0) is 50.3 Å². The Labute approximate surface area is 146 Å². The van der Waals surface area contributed by atoms with E-state index in [-0.39, 0.29) is 0 Å². The summed E-state index contributed by atoms with van der Waals surface area (Å²) in [5.74, 6) is 2.23. The van der Waals surface area contributed by atoms with E-state index >= 15 is 0 Å². The molecule has 0 radical (unpaired) electrons. The number of nitrogens with zero attached hydrogens (tertiary/aromatic N) is 1. The molecule has 0 saturated carbocycles. The minimum Gasteiger partial charge on any atom is -0.497 e. The first-order valence-electron chi connectivity index (χ1n) is 8.77. The van der Waals surface area contributed by atoms with E-state index in [9.17, 15) is 0 Å². The van der Waals surface area contributed by atoms with E-state index in [0.29, 0.717) is 12.0 Å². The molecule has 1 rings (SSSR count). The molecule has 0 aliphatic heterocycles. The summed E-state index contributed by atoms with van der Waals surface area (Å²) in [6.07, 6.45) is 2.31. The number of aliphatic imine (C=N–C) groups is 1. The Hall–Kier alpha value is -1.75. The number of hydrogen-bond acceptors (Lipinski definition) is 3. The zero-order valence-corrected chi connectivity index (χ0v) is 15.8. The third kappa shape index (κ3) is 8.20. The van der Waals surface area contributed by atoms with Crippen molar-refractivity contribution in [1.82, 2.24) is 10.6 Å². The molecule has 0 aliphatic carbocycles. The molecule has 5 nitrogen and oxygen atoms in total. The van der Waals surface area contributed by atoms with Crippen molar-refractivity contribution in [2.75, 3.05) is 33.9 Å². The van der Waals surface area contributed by atoms with Crippen molar-refractivity contribution < 1.29 is 9.47 Å². The summed E-state index contributed by atoms with van der Waals surface area (Å²) in [5, 5.41) is 6.68. The van der Waals surface area contributed by atoms with Gasteiger partial charge in [0.05, 0.1) is 13.2 Å². The van der Waals surface area contributed by atoms with Gasteiger partial charge in [0.15, 0.2) is 5.96 Å². The molecule has 1 aromatic carbocycles. The number of rotatable bonds is 10. The molecular formula is C19H33N3O2. The summed E-state index contributed by atoms with van der Waals surface area (Å²) < 4.78 is 10.7. The predicted octanol–water partition coefficient (Wildman–Crippen LogP) is 3.17. The molecule has 24 heavy (non-hydrogen) atoms. The van der Waals surface area contributed by atoms with Crippen molar-refractivity contribution in [3.63, 3.8) is 0 Å². The van der Waals surface area contributed by atoms with Gasteiger partial charge in [0.2, 0.25) is 0 Å². The van der Waals surface area contributed by atoms with E-state index in [2.05, 4.69) is 48.5 Å². The van der Waals surface area contributed by atoms with Gasteiger partial charge in [-0.3, -0.25) is 4.99 Å². The van der Waals surface area contributed by atoms with Crippen molar-refractivity contribution >= 4 is 5.96 Å². The number of guanidine groups is 1. The molecular weight excluding hydrogens is 302 g/mol. The second-order valence-corrected chi connectivity index (χ2v) is 6.16. The topological polar surface area (TPSA) is 54.9 Å². The second kappa shape index (κ2) is 11.7. The van der Waals surface area contributed by atoms with Crippen LogP contribution in [0.2, 0.25) is 0 Å². The van der Waals surface area contributed by atoms with Crippen LogP contribution in [0.4, 0.5) is 0 Å². The highest BCUT2D eigenvalue weighted by Crippen LogP contribution is 2.21. The van der Waals surface area contributed by atoms with Crippen molar-refractivity contribution in [3.05, 3.63) is 29.8 Å². The summed E-state index contributed by atoms with van der Waals surface area (Å²) in [6.45, 7) is 8.87. The lowest BCUT2D eigenvalue weighted by atomic mass is 9.98. The van der Waals surface area contributed by atoms with Crippen LogP contribution >= 0.6 is 0 Å². The van der Waals surface area contributed by atoms with Gasteiger partial charge in [-0.1, -0.05) is 19.1 Å². The highest BCUT2D eigenvalue weighted by Gasteiger charge is 2.06. The molecule has 1 atom stereocenters. The highest BCUT2D eigenvalue weighted by atomic mass is 16.5. The molecule has 0 amide bonds. The first-order valence-corrected chi connectivity index (χ1v) is 8.77. The van der Waals surface area contributed by atoms with Crippen LogP contribution in [0.1, 0.15) is 45.1 Å². The first kappa shape index (κ1) is 20.3. The van der Waals surface area contributed by atoms with Crippen molar-refractivity contribution in [1.29, 1.82) is 0 Å². The average molecular weight is 335 g/mol. The minimum absolute atomic E-state index is 0.293. The van der Waals surface area contributed by atoms with Crippen LogP contribution in [0.25, 0.3) is 0 Å². The molecule has 0 aromatic heterocycles. The number of ether oxygens (including phenoxy) is 2. The Morgan fingerprint density at radius 3 is 2.33 bits per heavy atom. The lowest BCUT2D eigenvalue weighted by Crippen LogP contribution is -2.38. The molecule has 136 valence electrons. The quantitative estimate of drug-likeness (QED) is 0.392. The van der Waals surface area contributed by atoms with Gasteiger partial charge in [-0.15, -0.1) is 0 Å². The lowest BCUT2D eigenvalue weighted by Gasteiger charge is -2.15. The van der Waals surface area contributed by atoms with E-state index in [4.69, 9.17) is 9.47 Å². The third-order valence-electron chi connectivity index (χ3n) is 3.84. The van der Waals surface area contributed by atoms with Gasteiger partial charge in [-0.25, -0.2) is 0 Å². The molecule has 0 aliphatic rings. The fourth-order valence-electron chi connectivity index (χ4n) is 2.32. The molecule has 0 heterocycles. The third-order valence-corrected chi connectivity index (χ3v) is 3.84. The van der Waals surface area contributed by atoms with Gasteiger partial charge in [0.1, 0.15) is 5.75 Å². The smallest absolute Gasteiger partial charge is 0.190 e. The Bertz CT molecular complexity index is 472. The molecule has 0 fully saturated rings. The average Bonchev–Trinajstić information content (AvgIpc) is 2.59. The van der Waals surface area contributed by atoms with Crippen LogP contribution in [0.5, 0.6) is 5.75 Å². The summed E-state index contributed by atoms with van der Waals surface area (Å²) >= 11 is 0. The molecule has 5 heteroatoms. The Morgan fingerprint density at radius 1 is 1.08 bits per heavy atom. The minimum atomic E-state index is 0.293. The normalized spacial score (nSPS) is 13.0. The Balaban J connectivity index is 2.23. The molecule has 2 N–H and O–H groups in total. The van der Waals surface area contributed by atoms with Crippen molar-refractivity contribution in [2.24, 2.45) is 4.99 Å². The molecule has 0 bridgehead atoms. The monoisotopic (exact) mass is 335 g/mol. The fourth-order valence-corrected chi connectivity index (χ4v) is 2.32. The fraction of sp³-hybridized carbons (Fsp3) is 0.632. The second-order valence-electron chi connectivity index (χ2n) is 6.16. The van der Waals surface area contributed by atoms with Crippen LogP contribution in [0, 0.1) is 0 Å². The van der Waals surface area contributed by atoms with Crippen LogP contribution in [0.15, 0.2) is 29.3 Å². The maximum Gasteiger partial charge on any atom is 0.190 e. The van der Waals surface area contributed by atoms with Crippen LogP contribution in [-0.4, -0.2) is 45.9 Å². The standard InChI is InChI=1S/C19H33N3O2/c1-15(2)24-14-6-12-21-19(20-4)22-13-11-16(3)17-7-9-18(23-5)10-8-17/h7-10,15-16H,6,11-14H2,1-5H3,(H2,20,21,22). The van der Waals surface area contributed by atoms with E-state index in [1.165, 1.54) is 5.56 Å². The van der Waals surface area contributed by atoms with E-state index in [1.54, 1.807) is 14.2 Å². The van der Waals surface area contributed by atoms with Crippen molar-refractivity contribution in [3.8, 4) is 5.75 Å². The first-order chi connectivity index (χ1) is 11.6. The van der Waals surface area contributed by atoms with Crippen LogP contribution in [0.3, 0.4) is 0 Å². The Morgan fingerprint density at radius 2 is 1.75 bits per heavy atom. The lowest BCUT2D eigenvalue weighted by molar-refractivity contribution is 0.0776. The summed E-state index contributed by atoms with van der Waals surface area (Å²) in [4.78, 5) is 4.25. The van der Waals surface area contributed by atoms with Gasteiger partial charge >= 0.3 is 0 Å². The summed E-state index contributed by atoms with van der Waals surface area (Å²) in [6, 6.07) is 8.29. The van der Waals surface area contributed by atoms with Crippen molar-refractivity contribution in [2.45, 2.75) is 45.6 Å². The van der Waals surface area contributed by atoms with E-state index < -0.39 is 0 Å². The molecule has 1 unspecified atom stereocenters. The zero-order chi connectivity index (χ0) is 17.8. The Kier molecular flexibility index (Phi) is 9.92. The largest absolute Gasteiger partial charge is 0.497 e. The number of hydrogen-bond donors (Lipinski definition) is 2. The van der Waals surface area contributed by atoms with E-state index in [1.807, 2.05) is 12.1 Å². The molecule has 0 spiro atoms. The van der Waals surface area contributed by atoms with Gasteiger partial charge in [0, 0.05) is 26.7 Å². The molecule has 0 saturated heterocycles. The number of methoxy groups -OCH3 is 1. The van der Waals surface area contributed by atoms with Crippen LogP contribution < -0.4 is 15.4 Å². The number of nitrogens with one attached hydrogen (secondary N) is 2. The maximum atomic E-state index is 5.53. The highest BCUT2D eigenvalue weighted by molar-refractivity contribution is 5.79. The zero-order valence-electron chi connectivity index (χ0n) is 15.8. The molecule has 1 aromatic rings. The van der Waals surface area contributed by atoms with Crippen LogP contribution in [-0.2, 0) is 4.74 Å². The number of benzene rings is 1. The maximum absolute atomic E-state index is 5.53. The predicted molar refractivity (Wildman–Crippen MR) is 101 cm³/mol. The van der Waals surface area contributed by atoms with E-state index in [0.717, 1.165) is 44.2 Å². The van der Waals surface area contributed by atoms with Gasteiger partial charge in [-0.2, -0.15) is 0 Å². The SMILES string of the molecule is CN=C(NCCCOC(C)C)NCCC(C)c1ccc(OC)cc1. The summed E-state index contributed by atoms with van der Waals surface area (Å²) in [7, 11) is 3.49.